The minimum Gasteiger partial charge on any atom is -0.348 e. The van der Waals surface area contributed by atoms with E-state index in [4.69, 9.17) is 0 Å². The summed E-state index contributed by atoms with van der Waals surface area (Å²) in [6.45, 7) is 7.70. The Balaban J connectivity index is 2.10. The summed E-state index contributed by atoms with van der Waals surface area (Å²) < 4.78 is 0.942. The third-order valence-corrected chi connectivity index (χ3v) is 4.97. The average molecular weight is 417 g/mol. The van der Waals surface area contributed by atoms with E-state index in [1.54, 1.807) is 6.07 Å². The van der Waals surface area contributed by atoms with Gasteiger partial charge in [-0.1, -0.05) is 65.7 Å². The summed E-state index contributed by atoms with van der Waals surface area (Å²) in [5.41, 5.74) is 2.56. The van der Waals surface area contributed by atoms with Crippen molar-refractivity contribution < 1.29 is 9.59 Å². The molecule has 2 rings (SSSR count). The molecule has 0 bridgehead atoms. The number of carbonyl (C=O) groups is 2. The largest absolute Gasteiger partial charge is 0.348 e. The molecular formula is C21H25BrN2O2. The molecule has 0 fully saturated rings. The lowest BCUT2D eigenvalue weighted by atomic mass is 10.0. The van der Waals surface area contributed by atoms with E-state index in [-0.39, 0.29) is 23.8 Å². The van der Waals surface area contributed by atoms with Gasteiger partial charge < -0.3 is 10.6 Å². The lowest BCUT2D eigenvalue weighted by molar-refractivity contribution is -0.124. The van der Waals surface area contributed by atoms with Crippen LogP contribution in [0.4, 0.5) is 0 Å². The molecule has 26 heavy (non-hydrogen) atoms. The van der Waals surface area contributed by atoms with Gasteiger partial charge in [-0.3, -0.25) is 9.59 Å². The molecule has 5 heteroatoms. The summed E-state index contributed by atoms with van der Waals surface area (Å²) in [6.07, 6.45) is 0. The predicted octanol–water partition coefficient (Wildman–Crippen LogP) is 4.39. The van der Waals surface area contributed by atoms with Crippen LogP contribution in [0.1, 0.15) is 48.3 Å². The molecule has 138 valence electrons. The van der Waals surface area contributed by atoms with E-state index < -0.39 is 6.04 Å². The maximum Gasteiger partial charge on any atom is 0.251 e. The summed E-state index contributed by atoms with van der Waals surface area (Å²) >= 11 is 3.51. The molecule has 4 nitrogen and oxygen atoms in total. The Morgan fingerprint density at radius 2 is 1.65 bits per heavy atom. The molecular weight excluding hydrogens is 392 g/mol. The van der Waals surface area contributed by atoms with Crippen LogP contribution in [-0.2, 0) is 4.79 Å². The van der Waals surface area contributed by atoms with Crippen LogP contribution in [0, 0.1) is 12.8 Å². The van der Waals surface area contributed by atoms with E-state index >= 15 is 0 Å². The van der Waals surface area contributed by atoms with Crippen LogP contribution in [0.3, 0.4) is 0 Å². The van der Waals surface area contributed by atoms with Crippen molar-refractivity contribution in [2.45, 2.75) is 39.8 Å². The zero-order valence-electron chi connectivity index (χ0n) is 15.5. The molecule has 0 aromatic heterocycles. The summed E-state index contributed by atoms with van der Waals surface area (Å²) in [5.74, 6) is -0.462. The Labute approximate surface area is 163 Å². The number of hydrogen-bond donors (Lipinski definition) is 2. The second-order valence-electron chi connectivity index (χ2n) is 6.82. The molecule has 0 aliphatic carbocycles. The number of rotatable bonds is 6. The van der Waals surface area contributed by atoms with Crippen molar-refractivity contribution in [1.82, 2.24) is 10.6 Å². The van der Waals surface area contributed by atoms with E-state index in [0.717, 1.165) is 15.6 Å². The van der Waals surface area contributed by atoms with Gasteiger partial charge in [0.15, 0.2) is 0 Å². The van der Waals surface area contributed by atoms with Crippen LogP contribution in [0.15, 0.2) is 53.0 Å². The van der Waals surface area contributed by atoms with Gasteiger partial charge in [-0.2, -0.15) is 0 Å². The van der Waals surface area contributed by atoms with E-state index in [0.29, 0.717) is 5.56 Å². The normalized spacial score (nSPS) is 13.2. The van der Waals surface area contributed by atoms with Crippen molar-refractivity contribution in [3.63, 3.8) is 0 Å². The Morgan fingerprint density at radius 3 is 2.27 bits per heavy atom. The van der Waals surface area contributed by atoms with E-state index in [1.807, 2.05) is 70.2 Å². The van der Waals surface area contributed by atoms with Crippen LogP contribution in [0.25, 0.3) is 0 Å². The molecule has 0 aliphatic rings. The molecule has 2 aromatic carbocycles. The molecule has 0 aliphatic heterocycles. The van der Waals surface area contributed by atoms with Gasteiger partial charge in [0.05, 0.1) is 6.04 Å². The van der Waals surface area contributed by atoms with Crippen LogP contribution >= 0.6 is 15.9 Å². The van der Waals surface area contributed by atoms with Crippen molar-refractivity contribution in [2.75, 3.05) is 0 Å². The molecule has 0 heterocycles. The van der Waals surface area contributed by atoms with Gasteiger partial charge in [-0.25, -0.2) is 0 Å². The van der Waals surface area contributed by atoms with E-state index in [2.05, 4.69) is 26.6 Å². The lowest BCUT2D eigenvalue weighted by Gasteiger charge is -2.24. The van der Waals surface area contributed by atoms with Crippen LogP contribution < -0.4 is 10.6 Å². The topological polar surface area (TPSA) is 58.2 Å². The first-order valence-corrected chi connectivity index (χ1v) is 9.51. The van der Waals surface area contributed by atoms with Crippen LogP contribution in [0.5, 0.6) is 0 Å². The SMILES string of the molecule is Cc1cccc(C(=O)NC(C(=O)NC(C)c2ccccc2Br)C(C)C)c1. The van der Waals surface area contributed by atoms with Crippen molar-refractivity contribution in [3.8, 4) is 0 Å². The van der Waals surface area contributed by atoms with Gasteiger partial charge in [0.25, 0.3) is 5.91 Å². The van der Waals surface area contributed by atoms with Crippen LogP contribution in [0.2, 0.25) is 0 Å². The number of halogens is 1. The fourth-order valence-corrected chi connectivity index (χ4v) is 3.38. The molecule has 0 spiro atoms. The molecule has 2 N–H and O–H groups in total. The Hall–Kier alpha value is -2.14. The third-order valence-electron chi connectivity index (χ3n) is 4.25. The first kappa shape index (κ1) is 20.2. The minimum absolute atomic E-state index is 0.0322. The molecule has 0 saturated heterocycles. The van der Waals surface area contributed by atoms with Crippen LogP contribution in [-0.4, -0.2) is 17.9 Å². The second kappa shape index (κ2) is 8.99. The van der Waals surface area contributed by atoms with Crippen molar-refractivity contribution in [1.29, 1.82) is 0 Å². The fraction of sp³-hybridized carbons (Fsp3) is 0.333. The zero-order valence-corrected chi connectivity index (χ0v) is 17.1. The number of hydrogen-bond acceptors (Lipinski definition) is 2. The Kier molecular flexibility index (Phi) is 6.98. The molecule has 2 unspecified atom stereocenters. The molecule has 2 atom stereocenters. The van der Waals surface area contributed by atoms with Crippen molar-refractivity contribution >= 4 is 27.7 Å². The highest BCUT2D eigenvalue weighted by Gasteiger charge is 2.26. The van der Waals surface area contributed by atoms with Crippen molar-refractivity contribution in [2.24, 2.45) is 5.92 Å². The molecule has 0 saturated carbocycles. The average Bonchev–Trinajstić information content (AvgIpc) is 2.59. The summed E-state index contributed by atoms with van der Waals surface area (Å²) in [6, 6.07) is 14.3. The maximum absolute atomic E-state index is 12.8. The Bertz CT molecular complexity index is 789. The summed E-state index contributed by atoms with van der Waals surface area (Å²) in [5, 5.41) is 5.87. The minimum atomic E-state index is -0.604. The highest BCUT2D eigenvalue weighted by molar-refractivity contribution is 9.10. The zero-order chi connectivity index (χ0) is 19.3. The first-order chi connectivity index (χ1) is 12.3. The fourth-order valence-electron chi connectivity index (χ4n) is 2.75. The smallest absolute Gasteiger partial charge is 0.251 e. The summed E-state index contributed by atoms with van der Waals surface area (Å²) in [4.78, 5) is 25.3. The number of nitrogens with one attached hydrogen (secondary N) is 2. The first-order valence-electron chi connectivity index (χ1n) is 8.72. The van der Waals surface area contributed by atoms with Gasteiger partial charge in [0, 0.05) is 10.0 Å². The Morgan fingerprint density at radius 1 is 0.962 bits per heavy atom. The predicted molar refractivity (Wildman–Crippen MR) is 108 cm³/mol. The van der Waals surface area contributed by atoms with E-state index in [9.17, 15) is 9.59 Å². The monoisotopic (exact) mass is 416 g/mol. The maximum atomic E-state index is 12.8. The highest BCUT2D eigenvalue weighted by atomic mass is 79.9. The molecule has 2 aromatic rings. The van der Waals surface area contributed by atoms with Gasteiger partial charge >= 0.3 is 0 Å². The quantitative estimate of drug-likeness (QED) is 0.733. The molecule has 2 amide bonds. The molecule has 0 radical (unpaired) electrons. The van der Waals surface area contributed by atoms with Gasteiger partial charge in [0.2, 0.25) is 5.91 Å². The standard InChI is InChI=1S/C21H25BrN2O2/c1-13(2)19(24-20(25)16-9-7-8-14(3)12-16)21(26)23-15(4)17-10-5-6-11-18(17)22/h5-13,15,19H,1-4H3,(H,23,26)(H,24,25). The highest BCUT2D eigenvalue weighted by Crippen LogP contribution is 2.23. The number of amides is 2. The third kappa shape index (κ3) is 5.18. The second-order valence-corrected chi connectivity index (χ2v) is 7.67. The lowest BCUT2D eigenvalue weighted by Crippen LogP contribution is -2.50. The van der Waals surface area contributed by atoms with Gasteiger partial charge in [-0.05, 0) is 43.5 Å². The van der Waals surface area contributed by atoms with E-state index in [1.165, 1.54) is 0 Å². The van der Waals surface area contributed by atoms with Gasteiger partial charge in [-0.15, -0.1) is 0 Å². The summed E-state index contributed by atoms with van der Waals surface area (Å²) in [7, 11) is 0. The number of carbonyl (C=O) groups excluding carboxylic acids is 2. The number of benzene rings is 2. The number of aryl methyl sites for hydroxylation is 1. The van der Waals surface area contributed by atoms with Gasteiger partial charge in [0.1, 0.15) is 6.04 Å². The van der Waals surface area contributed by atoms with Crippen molar-refractivity contribution in [3.05, 3.63) is 69.7 Å².